The van der Waals surface area contributed by atoms with E-state index in [0.29, 0.717) is 18.3 Å². The van der Waals surface area contributed by atoms with Crippen LogP contribution in [-0.2, 0) is 0 Å². The molecule has 1 N–H and O–H groups in total. The Morgan fingerprint density at radius 2 is 1.82 bits per heavy atom. The van der Waals surface area contributed by atoms with Gasteiger partial charge in [-0.2, -0.15) is 0 Å². The molecule has 150 valence electrons. The number of likely N-dealkylation sites (tertiary alicyclic amines) is 1. The maximum absolute atomic E-state index is 13.3. The van der Waals surface area contributed by atoms with E-state index in [2.05, 4.69) is 20.5 Å². The number of nitrogens with zero attached hydrogens (tertiary/aromatic N) is 4. The molecule has 1 atom stereocenters. The normalized spacial score (nSPS) is 19.6. The molecular formula is C21H28FN5O. The molecule has 28 heavy (non-hydrogen) atoms. The Hall–Kier alpha value is -2.28. The van der Waals surface area contributed by atoms with Gasteiger partial charge in [-0.15, -0.1) is 5.10 Å². The molecule has 0 bridgehead atoms. The highest BCUT2D eigenvalue weighted by atomic mass is 19.1. The smallest absolute Gasteiger partial charge is 0.273 e. The summed E-state index contributed by atoms with van der Waals surface area (Å²) in [6.07, 6.45) is 9.98. The third kappa shape index (κ3) is 4.41. The first-order valence-electron chi connectivity index (χ1n) is 10.4. The summed E-state index contributed by atoms with van der Waals surface area (Å²) >= 11 is 0. The predicted octanol–water partition coefficient (Wildman–Crippen LogP) is 3.49. The van der Waals surface area contributed by atoms with Gasteiger partial charge < -0.3 is 5.32 Å². The Kier molecular flexibility index (Phi) is 6.00. The van der Waals surface area contributed by atoms with Crippen molar-refractivity contribution in [3.05, 3.63) is 47.5 Å². The van der Waals surface area contributed by atoms with Crippen LogP contribution in [0.2, 0.25) is 0 Å². The van der Waals surface area contributed by atoms with Crippen molar-refractivity contribution in [3.8, 4) is 0 Å². The molecular weight excluding hydrogens is 357 g/mol. The van der Waals surface area contributed by atoms with Gasteiger partial charge >= 0.3 is 0 Å². The van der Waals surface area contributed by atoms with Crippen molar-refractivity contribution >= 4 is 5.91 Å². The van der Waals surface area contributed by atoms with E-state index in [1.807, 2.05) is 16.8 Å². The van der Waals surface area contributed by atoms with Gasteiger partial charge in [0, 0.05) is 6.54 Å². The molecule has 1 amide bonds. The van der Waals surface area contributed by atoms with Crippen LogP contribution in [0.3, 0.4) is 0 Å². The Morgan fingerprint density at radius 1 is 1.11 bits per heavy atom. The van der Waals surface area contributed by atoms with Crippen LogP contribution in [0.4, 0.5) is 4.39 Å². The lowest BCUT2D eigenvalue weighted by Crippen LogP contribution is -2.37. The number of carbonyl (C=O) groups is 1. The summed E-state index contributed by atoms with van der Waals surface area (Å²) in [5.74, 6) is -0.444. The summed E-state index contributed by atoms with van der Waals surface area (Å²) < 4.78 is 15.2. The van der Waals surface area contributed by atoms with Crippen molar-refractivity contribution in [2.45, 2.75) is 57.0 Å². The summed E-state index contributed by atoms with van der Waals surface area (Å²) in [4.78, 5) is 15.0. The van der Waals surface area contributed by atoms with E-state index in [4.69, 9.17) is 0 Å². The quantitative estimate of drug-likeness (QED) is 0.827. The predicted molar refractivity (Wildman–Crippen MR) is 104 cm³/mol. The van der Waals surface area contributed by atoms with Crippen molar-refractivity contribution in [2.24, 2.45) is 0 Å². The lowest BCUT2D eigenvalue weighted by atomic mass is 9.96. The number of amides is 1. The molecule has 1 aromatic carbocycles. The Balaban J connectivity index is 1.41. The van der Waals surface area contributed by atoms with Gasteiger partial charge in [0.05, 0.1) is 18.3 Å². The Morgan fingerprint density at radius 3 is 2.54 bits per heavy atom. The van der Waals surface area contributed by atoms with E-state index >= 15 is 0 Å². The van der Waals surface area contributed by atoms with Crippen molar-refractivity contribution in [1.29, 1.82) is 0 Å². The molecule has 1 saturated heterocycles. The van der Waals surface area contributed by atoms with E-state index in [-0.39, 0.29) is 17.8 Å². The van der Waals surface area contributed by atoms with Crippen LogP contribution in [0.5, 0.6) is 0 Å². The average Bonchev–Trinajstić information content (AvgIpc) is 3.42. The van der Waals surface area contributed by atoms with Crippen molar-refractivity contribution in [2.75, 3.05) is 19.6 Å². The first kappa shape index (κ1) is 19.1. The van der Waals surface area contributed by atoms with Crippen molar-refractivity contribution in [3.63, 3.8) is 0 Å². The van der Waals surface area contributed by atoms with E-state index in [9.17, 15) is 9.18 Å². The minimum absolute atomic E-state index is 0.0421. The second-order valence-electron chi connectivity index (χ2n) is 7.90. The zero-order valence-corrected chi connectivity index (χ0v) is 16.2. The summed E-state index contributed by atoms with van der Waals surface area (Å²) in [6.45, 7) is 2.46. The van der Waals surface area contributed by atoms with Crippen LogP contribution < -0.4 is 5.32 Å². The number of hydrogen-bond acceptors (Lipinski definition) is 4. The van der Waals surface area contributed by atoms with E-state index in [0.717, 1.165) is 44.3 Å². The van der Waals surface area contributed by atoms with E-state index < -0.39 is 0 Å². The van der Waals surface area contributed by atoms with Gasteiger partial charge in [0.15, 0.2) is 5.69 Å². The van der Waals surface area contributed by atoms with Crippen molar-refractivity contribution < 1.29 is 9.18 Å². The molecule has 0 radical (unpaired) electrons. The summed E-state index contributed by atoms with van der Waals surface area (Å²) in [7, 11) is 0. The topological polar surface area (TPSA) is 63.1 Å². The standard InChI is InChI=1S/C21H28FN5O/c22-17-10-8-16(9-11-17)20(26-12-4-5-13-26)14-23-21(28)19-15-27(25-24-19)18-6-2-1-3-7-18/h8-11,15,18,20H,1-7,12-14H2,(H,23,28)/t20-/m1/s1. The summed E-state index contributed by atoms with van der Waals surface area (Å²) in [5.41, 5.74) is 1.39. The zero-order valence-electron chi connectivity index (χ0n) is 16.2. The maximum atomic E-state index is 13.3. The number of rotatable bonds is 6. The second-order valence-corrected chi connectivity index (χ2v) is 7.90. The first-order valence-corrected chi connectivity index (χ1v) is 10.4. The van der Waals surface area contributed by atoms with Gasteiger partial charge in [0.25, 0.3) is 5.91 Å². The van der Waals surface area contributed by atoms with Gasteiger partial charge in [0.2, 0.25) is 0 Å². The Labute approximate surface area is 165 Å². The number of benzene rings is 1. The van der Waals surface area contributed by atoms with Crippen LogP contribution in [-0.4, -0.2) is 45.4 Å². The highest BCUT2D eigenvalue weighted by Crippen LogP contribution is 2.27. The molecule has 0 unspecified atom stereocenters. The number of aromatic nitrogens is 3. The first-order chi connectivity index (χ1) is 13.7. The number of halogens is 1. The average molecular weight is 385 g/mol. The maximum Gasteiger partial charge on any atom is 0.273 e. The van der Waals surface area contributed by atoms with Gasteiger partial charge in [-0.1, -0.05) is 36.6 Å². The lowest BCUT2D eigenvalue weighted by molar-refractivity contribution is 0.0932. The second kappa shape index (κ2) is 8.82. The van der Waals surface area contributed by atoms with Crippen LogP contribution in [0.25, 0.3) is 0 Å². The van der Waals surface area contributed by atoms with Crippen LogP contribution in [0.15, 0.2) is 30.5 Å². The number of nitrogens with one attached hydrogen (secondary N) is 1. The monoisotopic (exact) mass is 385 g/mol. The van der Waals surface area contributed by atoms with Gasteiger partial charge in [0.1, 0.15) is 5.82 Å². The number of hydrogen-bond donors (Lipinski definition) is 1. The molecule has 2 fully saturated rings. The van der Waals surface area contributed by atoms with Gasteiger partial charge in [-0.3, -0.25) is 9.69 Å². The Bertz CT molecular complexity index is 778. The molecule has 1 aliphatic carbocycles. The van der Waals surface area contributed by atoms with E-state index in [1.54, 1.807) is 6.20 Å². The molecule has 1 aromatic heterocycles. The minimum atomic E-state index is -0.243. The third-order valence-electron chi connectivity index (χ3n) is 5.98. The van der Waals surface area contributed by atoms with Gasteiger partial charge in [-0.05, 0) is 56.5 Å². The summed E-state index contributed by atoms with van der Waals surface area (Å²) in [5, 5.41) is 11.3. The minimum Gasteiger partial charge on any atom is -0.349 e. The van der Waals surface area contributed by atoms with Crippen LogP contribution in [0.1, 0.15) is 73.1 Å². The van der Waals surface area contributed by atoms with E-state index in [1.165, 1.54) is 31.4 Å². The fourth-order valence-electron chi connectivity index (χ4n) is 4.38. The highest BCUT2D eigenvalue weighted by molar-refractivity contribution is 5.91. The molecule has 2 aromatic rings. The molecule has 0 spiro atoms. The molecule has 4 rings (SSSR count). The summed E-state index contributed by atoms with van der Waals surface area (Å²) in [6, 6.07) is 6.99. The molecule has 7 heteroatoms. The zero-order chi connectivity index (χ0) is 19.3. The molecule has 6 nitrogen and oxygen atoms in total. The molecule has 1 saturated carbocycles. The lowest BCUT2D eigenvalue weighted by Gasteiger charge is -2.28. The molecule has 2 heterocycles. The van der Waals surface area contributed by atoms with Crippen molar-refractivity contribution in [1.82, 2.24) is 25.2 Å². The third-order valence-corrected chi connectivity index (χ3v) is 5.98. The number of carbonyl (C=O) groups excluding carboxylic acids is 1. The van der Waals surface area contributed by atoms with Crippen LogP contribution in [0, 0.1) is 5.82 Å². The SMILES string of the molecule is O=C(NC[C@H](c1ccc(F)cc1)N1CCCC1)c1cn(C2CCCCC2)nn1. The largest absolute Gasteiger partial charge is 0.349 e. The molecule has 2 aliphatic rings. The van der Waals surface area contributed by atoms with Gasteiger partial charge in [-0.25, -0.2) is 9.07 Å². The fraction of sp³-hybridized carbons (Fsp3) is 0.571. The highest BCUT2D eigenvalue weighted by Gasteiger charge is 2.25. The van der Waals surface area contributed by atoms with Crippen LogP contribution >= 0.6 is 0 Å². The molecule has 1 aliphatic heterocycles. The fourth-order valence-corrected chi connectivity index (χ4v) is 4.38.